The molecule has 2 heterocycles. The van der Waals surface area contributed by atoms with Crippen LogP contribution in [0, 0.1) is 22.2 Å². The Morgan fingerprint density at radius 3 is 1.73 bits per heavy atom. The number of esters is 3. The average molecular weight is 1220 g/mol. The number of ether oxygens (including phenoxy) is 7. The maximum atomic E-state index is 14.3. The van der Waals surface area contributed by atoms with E-state index in [1.54, 1.807) is 104 Å². The molecule has 0 radical (unpaired) electrons. The molecule has 1 spiro atoms. The quantitative estimate of drug-likeness (QED) is 0.0161. The third kappa shape index (κ3) is 14.9. The number of rotatable bonds is 27. The standard InChI is InChI=1S/C69H79N4O14P/c1-12-38-73(39-13-2)88(82-40-18-36-70)87-45(3)58(44-81-68(47-19-15-14-16-20-47,48-23-27-50(79-10)28-24-48)49-25-29-51(80-11)30-26-49)72-61(74)21-17-37-71-62(75)46-22-33-55-54(41-46)63(76)86-69(55)56-34-31-52(83-64(77)66(4,5)6)42-59(56)85-60-43-53(32-35-57(60)69)84-65(78)67(7,8)9/h14-16,19-20,22-35,41-43,45,58H,12-13,17-18,21,37-40,44H2,1-11H3,(H,71,75)(H,72,74). The van der Waals surface area contributed by atoms with Crippen LogP contribution in [0.3, 0.4) is 0 Å². The number of nitriles is 1. The van der Waals surface area contributed by atoms with Crippen LogP contribution in [-0.2, 0) is 44.1 Å². The Hall–Kier alpha value is -8.17. The highest BCUT2D eigenvalue weighted by Crippen LogP contribution is 2.57. The zero-order valence-electron chi connectivity index (χ0n) is 52.0. The highest BCUT2D eigenvalue weighted by atomic mass is 31.2. The van der Waals surface area contributed by atoms with Gasteiger partial charge in [0, 0.05) is 60.4 Å². The SMILES string of the molecule is CCCN(CCC)P(OCCC#N)OC(C)C(COC(c1ccccc1)(c1ccc(OC)cc1)c1ccc(OC)cc1)NC(=O)CCCNC(=O)c1ccc2c(c1)C(=O)OC21c2ccc(OC(=O)C(C)(C)C)cc2Oc2cc(OC(=O)C(C)(C)C)ccc21. The molecule has 2 aliphatic rings. The molecule has 6 aromatic carbocycles. The molecular formula is C69H79N4O14P. The monoisotopic (exact) mass is 1220 g/mol. The Kier molecular flexibility index (Phi) is 21.5. The summed E-state index contributed by atoms with van der Waals surface area (Å²) in [6.07, 6.45) is 1.40. The van der Waals surface area contributed by atoms with Gasteiger partial charge in [0.1, 0.15) is 40.1 Å². The molecule has 0 saturated carbocycles. The number of nitrogens with zero attached hydrogens (tertiary/aromatic N) is 2. The van der Waals surface area contributed by atoms with Gasteiger partial charge in [0.15, 0.2) is 5.60 Å². The number of carbonyl (C=O) groups excluding carboxylic acids is 5. The van der Waals surface area contributed by atoms with E-state index in [1.165, 1.54) is 6.07 Å². The van der Waals surface area contributed by atoms with Crippen LogP contribution in [-0.4, -0.2) is 93.6 Å². The zero-order valence-corrected chi connectivity index (χ0v) is 52.9. The number of methoxy groups -OCH3 is 2. The van der Waals surface area contributed by atoms with Gasteiger partial charge in [-0.3, -0.25) is 19.2 Å². The van der Waals surface area contributed by atoms with Gasteiger partial charge in [-0.2, -0.15) is 5.26 Å². The molecule has 88 heavy (non-hydrogen) atoms. The first-order valence-corrected chi connectivity index (χ1v) is 30.8. The minimum absolute atomic E-state index is 0.00365. The van der Waals surface area contributed by atoms with Crippen molar-refractivity contribution in [2.45, 2.75) is 118 Å². The predicted octanol–water partition coefficient (Wildman–Crippen LogP) is 12.9. The molecule has 2 N–H and O–H groups in total. The molecule has 6 aromatic rings. The molecule has 8 rings (SSSR count). The molecule has 464 valence electrons. The first kappa shape index (κ1) is 65.8. The Labute approximate surface area is 517 Å². The van der Waals surface area contributed by atoms with Crippen LogP contribution < -0.4 is 34.3 Å². The van der Waals surface area contributed by atoms with Gasteiger partial charge in [0.25, 0.3) is 14.4 Å². The minimum Gasteiger partial charge on any atom is -0.497 e. The Bertz CT molecular complexity index is 3350. The summed E-state index contributed by atoms with van der Waals surface area (Å²) in [6.45, 7) is 18.1. The number of hydrogen-bond donors (Lipinski definition) is 2. The average Bonchev–Trinajstić information content (AvgIpc) is 1.47. The summed E-state index contributed by atoms with van der Waals surface area (Å²) in [5.74, 6) is -0.321. The van der Waals surface area contributed by atoms with E-state index in [9.17, 15) is 29.2 Å². The Balaban J connectivity index is 1.04. The van der Waals surface area contributed by atoms with Crippen LogP contribution >= 0.6 is 8.53 Å². The normalized spacial score (nSPS) is 14.2. The first-order valence-electron chi connectivity index (χ1n) is 29.7. The minimum atomic E-state index is -1.68. The van der Waals surface area contributed by atoms with E-state index < -0.39 is 66.5 Å². The van der Waals surface area contributed by atoms with Gasteiger partial charge in [-0.25, -0.2) is 9.46 Å². The second-order valence-electron chi connectivity index (χ2n) is 23.6. The van der Waals surface area contributed by atoms with Gasteiger partial charge >= 0.3 is 17.9 Å². The lowest BCUT2D eigenvalue weighted by atomic mass is 9.77. The molecule has 3 unspecified atom stereocenters. The van der Waals surface area contributed by atoms with Crippen LogP contribution in [0.2, 0.25) is 0 Å². The Morgan fingerprint density at radius 2 is 1.22 bits per heavy atom. The fourth-order valence-corrected chi connectivity index (χ4v) is 12.0. The van der Waals surface area contributed by atoms with Crippen LogP contribution in [0.5, 0.6) is 34.5 Å². The number of nitrogens with one attached hydrogen (secondary N) is 2. The van der Waals surface area contributed by atoms with Crippen molar-refractivity contribution in [2.75, 3.05) is 47.1 Å². The maximum absolute atomic E-state index is 14.3. The number of benzene rings is 6. The summed E-state index contributed by atoms with van der Waals surface area (Å²) in [5, 5.41) is 15.6. The van der Waals surface area contributed by atoms with Crippen molar-refractivity contribution in [3.63, 3.8) is 0 Å². The summed E-state index contributed by atoms with van der Waals surface area (Å²) in [7, 11) is 1.54. The highest BCUT2D eigenvalue weighted by molar-refractivity contribution is 7.44. The summed E-state index contributed by atoms with van der Waals surface area (Å²) in [4.78, 5) is 68.5. The van der Waals surface area contributed by atoms with E-state index >= 15 is 0 Å². The van der Waals surface area contributed by atoms with E-state index in [1.807, 2.05) is 85.8 Å². The Morgan fingerprint density at radius 1 is 0.693 bits per heavy atom. The summed E-state index contributed by atoms with van der Waals surface area (Å²) in [6, 6.07) is 40.9. The van der Waals surface area contributed by atoms with Crippen LogP contribution in [0.15, 0.2) is 133 Å². The van der Waals surface area contributed by atoms with Crippen molar-refractivity contribution in [1.82, 2.24) is 15.3 Å². The van der Waals surface area contributed by atoms with E-state index in [4.69, 9.17) is 42.2 Å². The topological polar surface area (TPSA) is 220 Å². The van der Waals surface area contributed by atoms with Crippen LogP contribution in [0.4, 0.5) is 0 Å². The molecule has 0 aromatic heterocycles. The van der Waals surface area contributed by atoms with Gasteiger partial charge in [-0.05, 0) is 145 Å². The van der Waals surface area contributed by atoms with E-state index in [-0.39, 0.29) is 79.1 Å². The third-order valence-corrected chi connectivity index (χ3v) is 16.7. The van der Waals surface area contributed by atoms with Crippen molar-refractivity contribution in [1.29, 1.82) is 5.26 Å². The van der Waals surface area contributed by atoms with Crippen LogP contribution in [0.1, 0.15) is 149 Å². The van der Waals surface area contributed by atoms with E-state index in [2.05, 4.69) is 35.2 Å². The molecule has 0 aliphatic carbocycles. The lowest BCUT2D eigenvalue weighted by Crippen LogP contribution is -2.48. The number of fused-ring (bicyclic) bond motifs is 6. The van der Waals surface area contributed by atoms with E-state index in [0.717, 1.165) is 29.5 Å². The van der Waals surface area contributed by atoms with Crippen LogP contribution in [0.25, 0.3) is 0 Å². The zero-order chi connectivity index (χ0) is 63.4. The second-order valence-corrected chi connectivity index (χ2v) is 25.1. The summed E-state index contributed by atoms with van der Waals surface area (Å²) >= 11 is 0. The van der Waals surface area contributed by atoms with Crippen molar-refractivity contribution in [3.05, 3.63) is 178 Å². The van der Waals surface area contributed by atoms with Gasteiger partial charge in [-0.1, -0.05) is 74.5 Å². The molecule has 18 nitrogen and oxygen atoms in total. The lowest BCUT2D eigenvalue weighted by molar-refractivity contribution is -0.143. The fraction of sp³-hybridized carbons (Fsp3) is 0.391. The lowest BCUT2D eigenvalue weighted by Gasteiger charge is -2.39. The summed E-state index contributed by atoms with van der Waals surface area (Å²) < 4.78 is 58.1. The molecule has 0 saturated heterocycles. The van der Waals surface area contributed by atoms with Crippen molar-refractivity contribution in [2.24, 2.45) is 10.8 Å². The fourth-order valence-electron chi connectivity index (χ4n) is 10.2. The third-order valence-electron chi connectivity index (χ3n) is 15.0. The van der Waals surface area contributed by atoms with Gasteiger partial charge in [0.2, 0.25) is 5.91 Å². The predicted molar refractivity (Wildman–Crippen MR) is 332 cm³/mol. The van der Waals surface area contributed by atoms with Crippen molar-refractivity contribution in [3.8, 4) is 40.6 Å². The van der Waals surface area contributed by atoms with Gasteiger partial charge in [0.05, 0.1) is 68.5 Å². The smallest absolute Gasteiger partial charge is 0.340 e. The number of amides is 2. The van der Waals surface area contributed by atoms with Crippen molar-refractivity contribution >= 4 is 38.2 Å². The number of carbonyl (C=O) groups is 5. The van der Waals surface area contributed by atoms with Gasteiger partial charge < -0.3 is 52.8 Å². The molecule has 19 heteroatoms. The summed E-state index contributed by atoms with van der Waals surface area (Å²) in [5.41, 5.74) is -0.450. The molecule has 0 bridgehead atoms. The maximum Gasteiger partial charge on any atom is 0.340 e. The second kappa shape index (κ2) is 28.8. The van der Waals surface area contributed by atoms with Crippen molar-refractivity contribution < 1.29 is 66.2 Å². The largest absolute Gasteiger partial charge is 0.497 e. The van der Waals surface area contributed by atoms with Gasteiger partial charge in [-0.15, -0.1) is 0 Å². The molecular weight excluding hydrogens is 1140 g/mol. The molecule has 2 amide bonds. The highest BCUT2D eigenvalue weighted by Gasteiger charge is 2.54. The van der Waals surface area contributed by atoms with E-state index in [0.29, 0.717) is 41.3 Å². The number of hydrogen-bond acceptors (Lipinski definition) is 16. The molecule has 2 aliphatic heterocycles. The first-order chi connectivity index (χ1) is 42.1. The molecule has 3 atom stereocenters. The molecule has 0 fully saturated rings.